The van der Waals surface area contributed by atoms with E-state index in [9.17, 15) is 9.59 Å². The molecular weight excluding hydrogens is 230 g/mol. The molecule has 0 fully saturated rings. The molecule has 1 heterocycles. The lowest BCUT2D eigenvalue weighted by molar-refractivity contribution is 0.504. The maximum absolute atomic E-state index is 12.0. The molecule has 1 aromatic rings. The molecule has 1 aliphatic heterocycles. The van der Waals surface area contributed by atoms with Gasteiger partial charge in [-0.05, 0) is 13.8 Å². The topological polar surface area (TPSA) is 70.7 Å². The number of aromatic nitrogens is 3. The Bertz CT molecular complexity index is 898. The fourth-order valence-corrected chi connectivity index (χ4v) is 2.29. The van der Waals surface area contributed by atoms with Gasteiger partial charge in [0.2, 0.25) is 5.43 Å². The number of hydrogen-bond donors (Lipinski definition) is 2. The molecule has 92 valence electrons. The monoisotopic (exact) mass is 243 g/mol. The Morgan fingerprint density at radius 1 is 1.06 bits per heavy atom. The minimum atomic E-state index is -0.487. The van der Waals surface area contributed by atoms with Crippen molar-refractivity contribution in [3.05, 3.63) is 55.4 Å². The summed E-state index contributed by atoms with van der Waals surface area (Å²) in [6, 6.07) is 7.35. The number of aromatic amines is 2. The van der Waals surface area contributed by atoms with E-state index >= 15 is 0 Å². The van der Waals surface area contributed by atoms with E-state index in [2.05, 4.69) is 10.3 Å². The number of rotatable bonds is 1. The van der Waals surface area contributed by atoms with Crippen LogP contribution in [0.1, 0.15) is 19.9 Å². The summed E-state index contributed by atoms with van der Waals surface area (Å²) in [5.41, 5.74) is -0.941. The van der Waals surface area contributed by atoms with Crippen LogP contribution >= 0.6 is 0 Å². The van der Waals surface area contributed by atoms with Gasteiger partial charge >= 0.3 is 0 Å². The Kier molecular flexibility index (Phi) is 2.16. The first-order chi connectivity index (χ1) is 8.61. The fraction of sp³-hybridized carbons (Fsp3) is 0.231. The van der Waals surface area contributed by atoms with Gasteiger partial charge in [0.05, 0.1) is 5.35 Å². The fourth-order valence-electron chi connectivity index (χ4n) is 2.29. The van der Waals surface area contributed by atoms with Gasteiger partial charge in [0, 0.05) is 16.8 Å². The van der Waals surface area contributed by atoms with Crippen LogP contribution in [0.15, 0.2) is 33.9 Å². The second-order valence-electron chi connectivity index (χ2n) is 4.63. The summed E-state index contributed by atoms with van der Waals surface area (Å²) in [6.07, 6.45) is 0. The van der Waals surface area contributed by atoms with Crippen LogP contribution in [0, 0.1) is 10.7 Å². The van der Waals surface area contributed by atoms with E-state index in [1.165, 1.54) is 0 Å². The molecule has 3 rings (SSSR count). The molecule has 5 heteroatoms. The molecule has 0 amide bonds. The summed E-state index contributed by atoms with van der Waals surface area (Å²) in [5, 5.41) is 8.08. The van der Waals surface area contributed by atoms with Gasteiger partial charge in [-0.15, -0.1) is 0 Å². The van der Waals surface area contributed by atoms with Crippen LogP contribution in [-0.2, 0) is 0 Å². The first-order valence-corrected chi connectivity index (χ1v) is 5.85. The Morgan fingerprint density at radius 2 is 1.72 bits per heavy atom. The SMILES string of the molecule is CC(C)n1[nH][nH]c2c(=O)c(=O)c3ccccc3c1=2. The van der Waals surface area contributed by atoms with Crippen molar-refractivity contribution < 1.29 is 0 Å². The second-order valence-corrected chi connectivity index (χ2v) is 4.63. The molecular formula is C13H13N3O2. The van der Waals surface area contributed by atoms with Crippen LogP contribution in [-0.4, -0.2) is 15.0 Å². The number of nitrogens with zero attached hydrogens (tertiary/aromatic N) is 1. The molecule has 0 spiro atoms. The van der Waals surface area contributed by atoms with Crippen molar-refractivity contribution in [2.45, 2.75) is 19.9 Å². The summed E-state index contributed by atoms with van der Waals surface area (Å²) in [5.74, 6) is 0. The van der Waals surface area contributed by atoms with Crippen LogP contribution in [0.2, 0.25) is 0 Å². The number of benzene rings is 1. The van der Waals surface area contributed by atoms with E-state index in [0.29, 0.717) is 10.7 Å². The average molecular weight is 243 g/mol. The largest absolute Gasteiger partial charge is 0.285 e. The van der Waals surface area contributed by atoms with Crippen molar-refractivity contribution in [2.75, 3.05) is 0 Å². The third-order valence-electron chi connectivity index (χ3n) is 3.16. The standard InChI is InChI=1S/C13H13N3O2/c1-7(2)16-11-8-5-3-4-6-9(8)12(17)13(18)10(11)14-15-16/h3-7,14-15H,1-2H3. The molecule has 2 N–H and O–H groups in total. The Morgan fingerprint density at radius 3 is 2.39 bits per heavy atom. The molecule has 0 saturated heterocycles. The van der Waals surface area contributed by atoms with Crippen LogP contribution in [0.25, 0.3) is 10.8 Å². The molecule has 0 bridgehead atoms. The molecule has 0 radical (unpaired) electrons. The van der Waals surface area contributed by atoms with Crippen LogP contribution < -0.4 is 10.9 Å². The lowest BCUT2D eigenvalue weighted by atomic mass is 10.1. The number of nitrogens with one attached hydrogen (secondary N) is 2. The summed E-state index contributed by atoms with van der Waals surface area (Å²) in [6.45, 7) is 4.02. The van der Waals surface area contributed by atoms with Gasteiger partial charge in [-0.2, -0.15) is 0 Å². The smallest absolute Gasteiger partial charge is 0.253 e. The quantitative estimate of drug-likeness (QED) is 0.633. The van der Waals surface area contributed by atoms with Gasteiger partial charge in [-0.25, -0.2) is 5.21 Å². The second kappa shape index (κ2) is 3.60. The zero-order chi connectivity index (χ0) is 12.9. The normalized spacial score (nSPS) is 11.7. The molecule has 0 atom stereocenters. The minimum absolute atomic E-state index is 0.166. The van der Waals surface area contributed by atoms with Crippen molar-refractivity contribution in [3.8, 4) is 0 Å². The molecule has 0 aromatic heterocycles. The molecule has 2 aliphatic rings. The van der Waals surface area contributed by atoms with Gasteiger partial charge < -0.3 is 0 Å². The lowest BCUT2D eigenvalue weighted by Crippen LogP contribution is -2.25. The van der Waals surface area contributed by atoms with Crippen molar-refractivity contribution in [1.82, 2.24) is 15.0 Å². The van der Waals surface area contributed by atoms with Gasteiger partial charge in [-0.1, -0.05) is 24.3 Å². The van der Waals surface area contributed by atoms with E-state index in [-0.39, 0.29) is 6.04 Å². The predicted molar refractivity (Wildman–Crippen MR) is 68.9 cm³/mol. The first-order valence-electron chi connectivity index (χ1n) is 5.85. The predicted octanol–water partition coefficient (Wildman–Crippen LogP) is 1.32. The highest BCUT2D eigenvalue weighted by Crippen LogP contribution is 2.13. The average Bonchev–Trinajstić information content (AvgIpc) is 2.81. The summed E-state index contributed by atoms with van der Waals surface area (Å²) in [7, 11) is 0. The lowest BCUT2D eigenvalue weighted by Gasteiger charge is -2.07. The van der Waals surface area contributed by atoms with E-state index < -0.39 is 10.9 Å². The Balaban J connectivity index is 2.77. The first kappa shape index (κ1) is 10.8. The highest BCUT2D eigenvalue weighted by atomic mass is 16.2. The van der Waals surface area contributed by atoms with Gasteiger partial charge in [0.15, 0.2) is 0 Å². The number of hydrogen-bond acceptors (Lipinski definition) is 2. The summed E-state index contributed by atoms with van der Waals surface area (Å²) < 4.78 is 1.86. The van der Waals surface area contributed by atoms with E-state index in [1.54, 1.807) is 12.1 Å². The minimum Gasteiger partial charge on any atom is -0.285 e. The van der Waals surface area contributed by atoms with Crippen molar-refractivity contribution >= 4 is 10.8 Å². The number of fused-ring (bicyclic) bond motifs is 2. The molecule has 18 heavy (non-hydrogen) atoms. The van der Waals surface area contributed by atoms with Crippen molar-refractivity contribution in [2.24, 2.45) is 0 Å². The van der Waals surface area contributed by atoms with E-state index in [1.807, 2.05) is 30.7 Å². The zero-order valence-electron chi connectivity index (χ0n) is 10.2. The van der Waals surface area contributed by atoms with Crippen molar-refractivity contribution in [3.63, 3.8) is 0 Å². The van der Waals surface area contributed by atoms with E-state index in [0.717, 1.165) is 10.7 Å². The maximum Gasteiger partial charge on any atom is 0.253 e. The van der Waals surface area contributed by atoms with Gasteiger partial charge in [0.25, 0.3) is 5.43 Å². The highest BCUT2D eigenvalue weighted by Gasteiger charge is 2.12. The highest BCUT2D eigenvalue weighted by molar-refractivity contribution is 5.82. The zero-order valence-corrected chi connectivity index (χ0v) is 10.2. The Labute approximate surface area is 102 Å². The van der Waals surface area contributed by atoms with Gasteiger partial charge in [-0.3, -0.25) is 19.4 Å². The third kappa shape index (κ3) is 1.27. The molecule has 1 aromatic carbocycles. The Hall–Kier alpha value is -2.30. The van der Waals surface area contributed by atoms with Crippen LogP contribution in [0.5, 0.6) is 0 Å². The summed E-state index contributed by atoms with van der Waals surface area (Å²) >= 11 is 0. The van der Waals surface area contributed by atoms with Crippen LogP contribution in [0.4, 0.5) is 0 Å². The maximum atomic E-state index is 12.0. The van der Waals surface area contributed by atoms with E-state index in [4.69, 9.17) is 0 Å². The third-order valence-corrected chi connectivity index (χ3v) is 3.16. The van der Waals surface area contributed by atoms with Crippen molar-refractivity contribution in [1.29, 1.82) is 0 Å². The molecule has 5 nitrogen and oxygen atoms in total. The molecule has 0 unspecified atom stereocenters. The van der Waals surface area contributed by atoms with Gasteiger partial charge in [0.1, 0.15) is 5.35 Å². The number of H-pyrrole nitrogens is 2. The summed E-state index contributed by atoms with van der Waals surface area (Å²) in [4.78, 5) is 24.0. The molecule has 0 saturated carbocycles. The molecule has 1 aliphatic carbocycles. The van der Waals surface area contributed by atoms with Crippen LogP contribution in [0.3, 0.4) is 0 Å².